The minimum atomic E-state index is -0.432. The molecule has 0 spiro atoms. The van der Waals surface area contributed by atoms with E-state index in [1.807, 2.05) is 18.2 Å². The molecular weight excluding hydrogens is 299 g/mol. The van der Waals surface area contributed by atoms with Crippen molar-refractivity contribution in [3.8, 4) is 5.75 Å². The van der Waals surface area contributed by atoms with Gasteiger partial charge in [-0.15, -0.1) is 0 Å². The quantitative estimate of drug-likeness (QED) is 0.671. The van der Waals surface area contributed by atoms with Gasteiger partial charge in [-0.3, -0.25) is 9.69 Å². The van der Waals surface area contributed by atoms with Crippen molar-refractivity contribution in [2.24, 2.45) is 0 Å². The number of hydrogen-bond donors (Lipinski definition) is 1. The molecule has 7 heteroatoms. The highest BCUT2D eigenvalue weighted by Crippen LogP contribution is 2.30. The van der Waals surface area contributed by atoms with Crippen LogP contribution in [-0.2, 0) is 4.79 Å². The molecule has 2 fully saturated rings. The summed E-state index contributed by atoms with van der Waals surface area (Å²) in [6, 6.07) is 6.07. The highest BCUT2D eigenvalue weighted by atomic mass is 19.2. The second kappa shape index (κ2) is 6.62. The third-order valence-electron chi connectivity index (χ3n) is 4.75. The summed E-state index contributed by atoms with van der Waals surface area (Å²) in [6.45, 7) is 2.73. The first-order valence-electron chi connectivity index (χ1n) is 7.97. The molecule has 2 N–H and O–H groups in total. The topological polar surface area (TPSA) is 62.0 Å². The molecule has 3 rings (SSSR count). The van der Waals surface area contributed by atoms with E-state index in [2.05, 4.69) is 9.80 Å². The number of ether oxygens (including phenoxy) is 1. The first-order chi connectivity index (χ1) is 11.1. The summed E-state index contributed by atoms with van der Waals surface area (Å²) >= 11 is 0. The van der Waals surface area contributed by atoms with E-state index in [1.165, 1.54) is 0 Å². The monoisotopic (exact) mass is 322 g/mol. The van der Waals surface area contributed by atoms with Gasteiger partial charge in [0.25, 0.3) is 5.91 Å². The van der Waals surface area contributed by atoms with Crippen LogP contribution in [0.4, 0.5) is 15.9 Å². The van der Waals surface area contributed by atoms with Gasteiger partial charge in [-0.25, -0.2) is 0 Å². The Morgan fingerprint density at radius 2 is 1.96 bits per heavy atom. The highest BCUT2D eigenvalue weighted by molar-refractivity contribution is 5.77. The van der Waals surface area contributed by atoms with Gasteiger partial charge in [-0.1, -0.05) is 4.48 Å². The van der Waals surface area contributed by atoms with Gasteiger partial charge in [0.1, 0.15) is 5.75 Å². The van der Waals surface area contributed by atoms with E-state index in [0.717, 1.165) is 37.4 Å². The van der Waals surface area contributed by atoms with Crippen molar-refractivity contribution in [3.05, 3.63) is 18.2 Å². The minimum Gasteiger partial charge on any atom is -0.497 e. The number of benzene rings is 1. The largest absolute Gasteiger partial charge is 0.497 e. The average molecular weight is 322 g/mol. The Kier molecular flexibility index (Phi) is 4.56. The van der Waals surface area contributed by atoms with E-state index < -0.39 is 5.91 Å². The lowest BCUT2D eigenvalue weighted by Gasteiger charge is -2.41. The second-order valence-corrected chi connectivity index (χ2v) is 6.09. The van der Waals surface area contributed by atoms with Crippen LogP contribution in [0.15, 0.2) is 18.2 Å². The van der Waals surface area contributed by atoms with Crippen LogP contribution in [0.3, 0.4) is 0 Å². The number of methoxy groups -OCH3 is 1. The van der Waals surface area contributed by atoms with E-state index in [0.29, 0.717) is 23.4 Å². The average Bonchev–Trinajstić information content (AvgIpc) is 2.57. The number of anilines is 2. The van der Waals surface area contributed by atoms with Crippen LogP contribution >= 0.6 is 0 Å². The summed E-state index contributed by atoms with van der Waals surface area (Å²) < 4.78 is 18.3. The summed E-state index contributed by atoms with van der Waals surface area (Å²) in [6.07, 6.45) is 1.90. The Balaban J connectivity index is 1.59. The number of rotatable bonds is 3. The predicted octanol–water partition coefficient (Wildman–Crippen LogP) is 1.27. The molecule has 2 aliphatic heterocycles. The number of piperidine rings is 1. The van der Waals surface area contributed by atoms with Crippen LogP contribution in [0, 0.1) is 0 Å². The van der Waals surface area contributed by atoms with E-state index >= 15 is 0 Å². The molecule has 2 saturated heterocycles. The van der Waals surface area contributed by atoms with Crippen molar-refractivity contribution in [2.45, 2.75) is 18.9 Å². The summed E-state index contributed by atoms with van der Waals surface area (Å²) in [5.41, 5.74) is 7.85. The fraction of sp³-hybridized carbons (Fsp3) is 0.562. The van der Waals surface area contributed by atoms with E-state index in [9.17, 15) is 9.28 Å². The van der Waals surface area contributed by atoms with Gasteiger partial charge in [0.2, 0.25) is 0 Å². The molecule has 1 aromatic carbocycles. The molecule has 23 heavy (non-hydrogen) atoms. The van der Waals surface area contributed by atoms with Crippen LogP contribution < -0.4 is 15.4 Å². The fourth-order valence-corrected chi connectivity index (χ4v) is 3.40. The van der Waals surface area contributed by atoms with E-state index in [4.69, 9.17) is 10.5 Å². The maximum Gasteiger partial charge on any atom is 0.264 e. The molecule has 2 heterocycles. The van der Waals surface area contributed by atoms with E-state index in [-0.39, 0.29) is 13.1 Å². The first-order valence-corrected chi connectivity index (χ1v) is 7.97. The lowest BCUT2D eigenvalue weighted by atomic mass is 10.0. The van der Waals surface area contributed by atoms with Crippen molar-refractivity contribution in [2.75, 3.05) is 50.5 Å². The maximum absolute atomic E-state index is 13.1. The molecule has 0 saturated carbocycles. The van der Waals surface area contributed by atoms with Crippen LogP contribution in [0.1, 0.15) is 12.8 Å². The molecule has 0 aromatic heterocycles. The summed E-state index contributed by atoms with van der Waals surface area (Å²) in [7, 11) is 1.62. The van der Waals surface area contributed by atoms with Crippen LogP contribution in [0.2, 0.25) is 0 Å². The SMILES string of the molecule is COc1ccc(N2CCC(N3CCN(F)C(=O)C3)CC2)c(N)c1. The van der Waals surface area contributed by atoms with Crippen molar-refractivity contribution in [1.82, 2.24) is 10.0 Å². The number of nitrogens with two attached hydrogens (primary N) is 1. The predicted molar refractivity (Wildman–Crippen MR) is 87.0 cm³/mol. The van der Waals surface area contributed by atoms with Crippen molar-refractivity contribution in [3.63, 3.8) is 0 Å². The molecule has 0 bridgehead atoms. The van der Waals surface area contributed by atoms with Crippen molar-refractivity contribution in [1.29, 1.82) is 0 Å². The van der Waals surface area contributed by atoms with Crippen LogP contribution in [0.5, 0.6) is 5.75 Å². The molecule has 1 aromatic rings. The molecule has 1 amide bonds. The summed E-state index contributed by atoms with van der Waals surface area (Å²) in [5.74, 6) is 0.321. The number of carbonyl (C=O) groups excluding carboxylic acids is 1. The van der Waals surface area contributed by atoms with Gasteiger partial charge in [-0.2, -0.15) is 5.12 Å². The lowest BCUT2D eigenvalue weighted by molar-refractivity contribution is -0.154. The molecule has 0 atom stereocenters. The zero-order valence-corrected chi connectivity index (χ0v) is 13.4. The molecule has 2 aliphatic rings. The second-order valence-electron chi connectivity index (χ2n) is 6.09. The Morgan fingerprint density at radius 3 is 2.57 bits per heavy atom. The number of hydrogen-bond acceptors (Lipinski definition) is 5. The van der Waals surface area contributed by atoms with Gasteiger partial charge in [0, 0.05) is 31.7 Å². The number of nitrogen functional groups attached to an aromatic ring is 1. The third kappa shape index (κ3) is 3.34. The maximum atomic E-state index is 13.1. The summed E-state index contributed by atoms with van der Waals surface area (Å²) in [5, 5.41) is 0.323. The normalized spacial score (nSPS) is 20.9. The zero-order chi connectivity index (χ0) is 16.4. The highest BCUT2D eigenvalue weighted by Gasteiger charge is 2.31. The molecule has 6 nitrogen and oxygen atoms in total. The Bertz CT molecular complexity index is 575. The van der Waals surface area contributed by atoms with Gasteiger partial charge in [0.05, 0.1) is 31.6 Å². The number of nitrogens with zero attached hydrogens (tertiary/aromatic N) is 3. The lowest BCUT2D eigenvalue weighted by Crippen LogP contribution is -2.53. The third-order valence-corrected chi connectivity index (χ3v) is 4.75. The number of halogens is 1. The van der Waals surface area contributed by atoms with Crippen molar-refractivity contribution >= 4 is 17.3 Å². The smallest absolute Gasteiger partial charge is 0.264 e. The van der Waals surface area contributed by atoms with Gasteiger partial charge in [-0.05, 0) is 25.0 Å². The summed E-state index contributed by atoms with van der Waals surface area (Å²) in [4.78, 5) is 15.9. The standard InChI is InChI=1S/C16H23FN4O2/c1-23-13-2-3-15(14(18)10-13)19-6-4-12(5-7-19)20-8-9-21(17)16(22)11-20/h2-3,10,12H,4-9,11,18H2,1H3. The first kappa shape index (κ1) is 15.9. The Morgan fingerprint density at radius 1 is 1.22 bits per heavy atom. The Hall–Kier alpha value is -2.02. The number of carbonyl (C=O) groups is 1. The van der Waals surface area contributed by atoms with Crippen molar-refractivity contribution < 1.29 is 14.0 Å². The van der Waals surface area contributed by atoms with Gasteiger partial charge in [0.15, 0.2) is 0 Å². The molecular formula is C16H23FN4O2. The van der Waals surface area contributed by atoms with Crippen LogP contribution in [0.25, 0.3) is 0 Å². The van der Waals surface area contributed by atoms with Crippen LogP contribution in [-0.4, -0.2) is 61.8 Å². The Labute approximate surface area is 135 Å². The fourth-order valence-electron chi connectivity index (χ4n) is 3.40. The molecule has 0 aliphatic carbocycles. The van der Waals surface area contributed by atoms with E-state index in [1.54, 1.807) is 7.11 Å². The molecule has 0 unspecified atom stereocenters. The van der Waals surface area contributed by atoms with Gasteiger partial charge >= 0.3 is 0 Å². The number of piperazine rings is 1. The molecule has 126 valence electrons. The number of amides is 1. The minimum absolute atomic E-state index is 0.171. The molecule has 0 radical (unpaired) electrons. The van der Waals surface area contributed by atoms with Gasteiger partial charge < -0.3 is 15.4 Å². The zero-order valence-electron chi connectivity index (χ0n) is 13.4.